The zero-order chi connectivity index (χ0) is 8.32. The van der Waals surface area contributed by atoms with Crippen LogP contribution in [0.5, 0.6) is 0 Å². The Balaban J connectivity index is 2.58. The van der Waals surface area contributed by atoms with Crippen molar-refractivity contribution in [3.8, 4) is 0 Å². The van der Waals surface area contributed by atoms with Crippen molar-refractivity contribution >= 4 is 26.0 Å². The highest BCUT2D eigenvalue weighted by atomic mass is 79.9. The van der Waals surface area contributed by atoms with Gasteiger partial charge in [0.2, 0.25) is 10.0 Å². The third kappa shape index (κ3) is 2.40. The molecule has 1 rings (SSSR count). The number of hydrogen-bond acceptors (Lipinski definition) is 3. The zero-order valence-electron chi connectivity index (χ0n) is 5.99. The predicted molar refractivity (Wildman–Crippen MR) is 45.1 cm³/mol. The van der Waals surface area contributed by atoms with Crippen molar-refractivity contribution in [2.24, 2.45) is 0 Å². The van der Waals surface area contributed by atoms with Crippen molar-refractivity contribution in [2.75, 3.05) is 31.0 Å². The SMILES string of the molecule is O=S(=O)(CBr)N1CCOCC1. The van der Waals surface area contributed by atoms with E-state index in [-0.39, 0.29) is 4.66 Å². The normalized spacial score (nSPS) is 21.9. The first-order valence-electron chi connectivity index (χ1n) is 3.28. The third-order valence-electron chi connectivity index (χ3n) is 1.50. The summed E-state index contributed by atoms with van der Waals surface area (Å²) in [5.41, 5.74) is 0. The molecule has 1 fully saturated rings. The predicted octanol–water partition coefficient (Wildman–Crippen LogP) is 0.000800. The van der Waals surface area contributed by atoms with Crippen molar-refractivity contribution < 1.29 is 13.2 Å². The van der Waals surface area contributed by atoms with Crippen LogP contribution in [-0.2, 0) is 14.8 Å². The quantitative estimate of drug-likeness (QED) is 0.642. The van der Waals surface area contributed by atoms with Gasteiger partial charge in [0.15, 0.2) is 0 Å². The summed E-state index contributed by atoms with van der Waals surface area (Å²) in [6.07, 6.45) is 0. The van der Waals surface area contributed by atoms with Crippen molar-refractivity contribution in [3.05, 3.63) is 0 Å². The number of morpholine rings is 1. The number of hydrogen-bond donors (Lipinski definition) is 0. The average molecular weight is 244 g/mol. The van der Waals surface area contributed by atoms with E-state index in [0.29, 0.717) is 26.3 Å². The molecule has 1 heterocycles. The first kappa shape index (κ1) is 9.44. The molecule has 0 aromatic rings. The van der Waals surface area contributed by atoms with Gasteiger partial charge in [0.1, 0.15) is 4.66 Å². The van der Waals surface area contributed by atoms with Crippen LogP contribution in [0.2, 0.25) is 0 Å². The summed E-state index contributed by atoms with van der Waals surface area (Å²) in [5, 5.41) is 0. The van der Waals surface area contributed by atoms with Crippen LogP contribution in [0.1, 0.15) is 0 Å². The van der Waals surface area contributed by atoms with E-state index in [4.69, 9.17) is 4.74 Å². The molecule has 0 aliphatic carbocycles. The Morgan fingerprint density at radius 1 is 1.36 bits per heavy atom. The molecule has 0 N–H and O–H groups in total. The lowest BCUT2D eigenvalue weighted by molar-refractivity contribution is 0.0733. The Hall–Kier alpha value is 0.350. The maximum atomic E-state index is 11.2. The second-order valence-corrected chi connectivity index (χ2v) is 5.50. The molecule has 0 amide bonds. The fourth-order valence-electron chi connectivity index (χ4n) is 0.894. The van der Waals surface area contributed by atoms with Gasteiger partial charge >= 0.3 is 0 Å². The van der Waals surface area contributed by atoms with E-state index < -0.39 is 10.0 Å². The first-order chi connectivity index (χ1) is 5.17. The maximum Gasteiger partial charge on any atom is 0.224 e. The Kier molecular flexibility index (Phi) is 3.29. The molecule has 0 saturated carbocycles. The fourth-order valence-corrected chi connectivity index (χ4v) is 2.61. The monoisotopic (exact) mass is 243 g/mol. The van der Waals surface area contributed by atoms with E-state index in [0.717, 1.165) is 0 Å². The molecule has 0 atom stereocenters. The minimum absolute atomic E-state index is 0. The van der Waals surface area contributed by atoms with Crippen molar-refractivity contribution in [3.63, 3.8) is 0 Å². The molecule has 11 heavy (non-hydrogen) atoms. The van der Waals surface area contributed by atoms with Gasteiger partial charge in [0, 0.05) is 13.1 Å². The summed E-state index contributed by atoms with van der Waals surface area (Å²) in [6.45, 7) is 1.97. The lowest BCUT2D eigenvalue weighted by atomic mass is 10.5. The summed E-state index contributed by atoms with van der Waals surface area (Å²) in [4.78, 5) is 0. The van der Waals surface area contributed by atoms with Crippen LogP contribution in [0, 0.1) is 0 Å². The summed E-state index contributed by atoms with van der Waals surface area (Å²) < 4.78 is 28.8. The van der Waals surface area contributed by atoms with Crippen LogP contribution in [-0.4, -0.2) is 43.7 Å². The van der Waals surface area contributed by atoms with E-state index in [9.17, 15) is 8.42 Å². The van der Waals surface area contributed by atoms with Crippen LogP contribution < -0.4 is 0 Å². The molecular formula is C5H10BrNO3S. The summed E-state index contributed by atoms with van der Waals surface area (Å²) >= 11 is 2.94. The van der Waals surface area contributed by atoms with Crippen LogP contribution in [0.3, 0.4) is 0 Å². The lowest BCUT2D eigenvalue weighted by Gasteiger charge is -2.24. The molecule has 0 aromatic carbocycles. The number of halogens is 1. The number of rotatable bonds is 2. The van der Waals surface area contributed by atoms with E-state index >= 15 is 0 Å². The highest BCUT2D eigenvalue weighted by Crippen LogP contribution is 2.07. The van der Waals surface area contributed by atoms with Gasteiger partial charge in [-0.25, -0.2) is 8.42 Å². The molecule has 0 bridgehead atoms. The average Bonchev–Trinajstić information content (AvgIpc) is 2.06. The molecule has 1 aliphatic heterocycles. The van der Waals surface area contributed by atoms with Gasteiger partial charge in [-0.05, 0) is 0 Å². The number of ether oxygens (including phenoxy) is 1. The van der Waals surface area contributed by atoms with E-state index in [1.54, 1.807) is 0 Å². The summed E-state index contributed by atoms with van der Waals surface area (Å²) in [5.74, 6) is 0. The lowest BCUT2D eigenvalue weighted by Crippen LogP contribution is -2.40. The number of nitrogens with zero attached hydrogens (tertiary/aromatic N) is 1. The molecule has 0 aromatic heterocycles. The minimum Gasteiger partial charge on any atom is -0.379 e. The van der Waals surface area contributed by atoms with Gasteiger partial charge in [0.25, 0.3) is 0 Å². The Bertz CT molecular complexity index is 210. The summed E-state index contributed by atoms with van der Waals surface area (Å²) in [7, 11) is -3.05. The Morgan fingerprint density at radius 2 is 1.91 bits per heavy atom. The molecule has 6 heteroatoms. The van der Waals surface area contributed by atoms with Gasteiger partial charge in [-0.2, -0.15) is 4.31 Å². The van der Waals surface area contributed by atoms with Gasteiger partial charge in [0.05, 0.1) is 13.2 Å². The maximum absolute atomic E-state index is 11.2. The molecule has 66 valence electrons. The molecule has 0 unspecified atom stereocenters. The van der Waals surface area contributed by atoms with Crippen LogP contribution >= 0.6 is 15.9 Å². The smallest absolute Gasteiger partial charge is 0.224 e. The number of sulfonamides is 1. The van der Waals surface area contributed by atoms with Gasteiger partial charge in [-0.15, -0.1) is 0 Å². The molecule has 0 radical (unpaired) electrons. The third-order valence-corrected chi connectivity index (χ3v) is 4.66. The molecule has 4 nitrogen and oxygen atoms in total. The van der Waals surface area contributed by atoms with Crippen molar-refractivity contribution in [2.45, 2.75) is 0 Å². The topological polar surface area (TPSA) is 46.6 Å². The largest absolute Gasteiger partial charge is 0.379 e. The second kappa shape index (κ2) is 3.84. The van der Waals surface area contributed by atoms with Gasteiger partial charge in [-0.1, -0.05) is 15.9 Å². The summed E-state index contributed by atoms with van der Waals surface area (Å²) in [6, 6.07) is 0. The molecular weight excluding hydrogens is 234 g/mol. The van der Waals surface area contributed by atoms with Crippen molar-refractivity contribution in [1.29, 1.82) is 0 Å². The van der Waals surface area contributed by atoms with Gasteiger partial charge < -0.3 is 4.74 Å². The van der Waals surface area contributed by atoms with Crippen LogP contribution in [0.25, 0.3) is 0 Å². The Morgan fingerprint density at radius 3 is 2.36 bits per heavy atom. The zero-order valence-corrected chi connectivity index (χ0v) is 8.40. The van der Waals surface area contributed by atoms with E-state index in [1.165, 1.54) is 4.31 Å². The molecule has 1 aliphatic rings. The van der Waals surface area contributed by atoms with Gasteiger partial charge in [-0.3, -0.25) is 0 Å². The minimum atomic E-state index is -3.05. The first-order valence-corrected chi connectivity index (χ1v) is 6.01. The van der Waals surface area contributed by atoms with Crippen LogP contribution in [0.15, 0.2) is 0 Å². The second-order valence-electron chi connectivity index (χ2n) is 2.23. The molecule has 1 saturated heterocycles. The Labute approximate surface area is 74.7 Å². The fraction of sp³-hybridized carbons (Fsp3) is 1.00. The van der Waals surface area contributed by atoms with E-state index in [1.807, 2.05) is 0 Å². The molecule has 0 spiro atoms. The van der Waals surface area contributed by atoms with E-state index in [2.05, 4.69) is 15.9 Å². The highest BCUT2D eigenvalue weighted by Gasteiger charge is 2.22. The van der Waals surface area contributed by atoms with Crippen molar-refractivity contribution in [1.82, 2.24) is 4.31 Å². The van der Waals surface area contributed by atoms with Crippen LogP contribution in [0.4, 0.5) is 0 Å². The highest BCUT2D eigenvalue weighted by molar-refractivity contribution is 9.10. The standard InChI is InChI=1S/C5H10BrNO3S/c6-5-11(8,9)7-1-3-10-4-2-7/h1-5H2. The number of alkyl halides is 1.